The van der Waals surface area contributed by atoms with Crippen LogP contribution in [0.2, 0.25) is 0 Å². The Labute approximate surface area is 173 Å². The van der Waals surface area contributed by atoms with Crippen molar-refractivity contribution in [3.63, 3.8) is 0 Å². The minimum absolute atomic E-state index is 0.00585. The van der Waals surface area contributed by atoms with E-state index >= 15 is 0 Å². The lowest BCUT2D eigenvalue weighted by Crippen LogP contribution is -2.42. The second-order valence-electron chi connectivity index (χ2n) is 8.57. The van der Waals surface area contributed by atoms with E-state index in [1.165, 1.54) is 56.1 Å². The van der Waals surface area contributed by atoms with Gasteiger partial charge in [-0.05, 0) is 31.2 Å². The van der Waals surface area contributed by atoms with Gasteiger partial charge in [-0.3, -0.25) is 9.36 Å². The summed E-state index contributed by atoms with van der Waals surface area (Å²) >= 11 is 1.75. The second-order valence-corrected chi connectivity index (χ2v) is 9.63. The van der Waals surface area contributed by atoms with Crippen molar-refractivity contribution in [2.75, 3.05) is 5.75 Å². The standard InChI is InChI=1S/C24H32N2OS/c1-3-4-5-11-16-28-23-25-21-19-13-8-7-12-18(19)17-24(14-9-6-10-15-24)20(21)22(27)26(23)2/h7-8,12-13H,3-6,9-11,14-17H2,1-2H3. The molecule has 0 radical (unpaired) electrons. The third-order valence-corrected chi connectivity index (χ3v) is 7.74. The zero-order valence-corrected chi connectivity index (χ0v) is 18.1. The molecule has 0 amide bonds. The molecule has 0 unspecified atom stereocenters. The van der Waals surface area contributed by atoms with Crippen LogP contribution in [0.1, 0.15) is 75.8 Å². The summed E-state index contributed by atoms with van der Waals surface area (Å²) in [7, 11) is 1.92. The van der Waals surface area contributed by atoms with Gasteiger partial charge in [-0.15, -0.1) is 0 Å². The minimum Gasteiger partial charge on any atom is -0.290 e. The van der Waals surface area contributed by atoms with Gasteiger partial charge in [0.05, 0.1) is 11.3 Å². The van der Waals surface area contributed by atoms with Crippen LogP contribution in [0.4, 0.5) is 0 Å². The maximum absolute atomic E-state index is 13.6. The molecule has 2 aliphatic carbocycles. The van der Waals surface area contributed by atoms with Crippen molar-refractivity contribution >= 4 is 11.8 Å². The number of unbranched alkanes of at least 4 members (excludes halogenated alkanes) is 3. The van der Waals surface area contributed by atoms with Gasteiger partial charge in [-0.1, -0.05) is 81.5 Å². The molecule has 0 bridgehead atoms. The van der Waals surface area contributed by atoms with Gasteiger partial charge in [-0.25, -0.2) is 4.98 Å². The summed E-state index contributed by atoms with van der Waals surface area (Å²) in [6, 6.07) is 8.61. The van der Waals surface area contributed by atoms with E-state index in [2.05, 4.69) is 31.2 Å². The number of benzene rings is 1. The van der Waals surface area contributed by atoms with Gasteiger partial charge in [-0.2, -0.15) is 0 Å². The van der Waals surface area contributed by atoms with E-state index in [-0.39, 0.29) is 11.0 Å². The largest absolute Gasteiger partial charge is 0.290 e. The third-order valence-electron chi connectivity index (χ3n) is 6.62. The highest BCUT2D eigenvalue weighted by Crippen LogP contribution is 2.48. The lowest BCUT2D eigenvalue weighted by molar-refractivity contribution is 0.283. The van der Waals surface area contributed by atoms with E-state index in [0.717, 1.165) is 41.4 Å². The van der Waals surface area contributed by atoms with Gasteiger partial charge in [0.1, 0.15) is 0 Å². The minimum atomic E-state index is -0.00585. The number of thioether (sulfide) groups is 1. The molecule has 3 nitrogen and oxygen atoms in total. The number of hydrogen-bond donors (Lipinski definition) is 0. The lowest BCUT2D eigenvalue weighted by Gasteiger charge is -2.42. The van der Waals surface area contributed by atoms with Crippen molar-refractivity contribution in [1.82, 2.24) is 9.55 Å². The molecule has 1 heterocycles. The molecule has 1 saturated carbocycles. The van der Waals surface area contributed by atoms with E-state index < -0.39 is 0 Å². The van der Waals surface area contributed by atoms with Gasteiger partial charge in [0.15, 0.2) is 5.16 Å². The van der Waals surface area contributed by atoms with Crippen molar-refractivity contribution in [2.45, 2.75) is 81.7 Å². The fourth-order valence-corrected chi connectivity index (χ4v) is 6.05. The highest BCUT2D eigenvalue weighted by Gasteiger charge is 2.43. The quantitative estimate of drug-likeness (QED) is 0.347. The van der Waals surface area contributed by atoms with Crippen LogP contribution in [0, 0.1) is 0 Å². The monoisotopic (exact) mass is 396 g/mol. The molecule has 0 saturated heterocycles. The fourth-order valence-electron chi connectivity index (χ4n) is 5.09. The average molecular weight is 397 g/mol. The van der Waals surface area contributed by atoms with Gasteiger partial charge >= 0.3 is 0 Å². The Morgan fingerprint density at radius 1 is 1.11 bits per heavy atom. The topological polar surface area (TPSA) is 34.9 Å². The summed E-state index contributed by atoms with van der Waals surface area (Å²) < 4.78 is 1.83. The summed E-state index contributed by atoms with van der Waals surface area (Å²) in [5.41, 5.74) is 4.72. The molecular weight excluding hydrogens is 364 g/mol. The lowest BCUT2D eigenvalue weighted by atomic mass is 9.62. The molecule has 0 N–H and O–H groups in total. The normalized spacial score (nSPS) is 17.4. The Morgan fingerprint density at radius 3 is 2.68 bits per heavy atom. The van der Waals surface area contributed by atoms with Crippen molar-refractivity contribution in [3.8, 4) is 11.3 Å². The Bertz CT molecular complexity index is 896. The van der Waals surface area contributed by atoms with Gasteiger partial charge in [0.25, 0.3) is 5.56 Å². The van der Waals surface area contributed by atoms with Gasteiger partial charge in [0.2, 0.25) is 0 Å². The van der Waals surface area contributed by atoms with E-state index in [9.17, 15) is 4.79 Å². The zero-order valence-electron chi connectivity index (χ0n) is 17.3. The highest BCUT2D eigenvalue weighted by molar-refractivity contribution is 7.99. The molecule has 4 heteroatoms. The van der Waals surface area contributed by atoms with E-state index in [1.54, 1.807) is 11.8 Å². The Morgan fingerprint density at radius 2 is 1.89 bits per heavy atom. The number of hydrogen-bond acceptors (Lipinski definition) is 3. The molecule has 2 aliphatic rings. The summed E-state index contributed by atoms with van der Waals surface area (Å²) in [5.74, 6) is 1.03. The molecule has 2 aromatic rings. The first-order valence-electron chi connectivity index (χ1n) is 11.0. The van der Waals surface area contributed by atoms with Crippen LogP contribution < -0.4 is 5.56 Å². The molecule has 0 atom stereocenters. The maximum Gasteiger partial charge on any atom is 0.258 e. The summed E-state index contributed by atoms with van der Waals surface area (Å²) in [6.45, 7) is 2.24. The van der Waals surface area contributed by atoms with Crippen LogP contribution >= 0.6 is 11.8 Å². The molecule has 0 aliphatic heterocycles. The number of fused-ring (bicyclic) bond motifs is 4. The third kappa shape index (κ3) is 3.56. The fraction of sp³-hybridized carbons (Fsp3) is 0.583. The van der Waals surface area contributed by atoms with Crippen LogP contribution in [-0.2, 0) is 18.9 Å². The van der Waals surface area contributed by atoms with E-state index in [0.29, 0.717) is 0 Å². The molecule has 1 aromatic heterocycles. The highest BCUT2D eigenvalue weighted by atomic mass is 32.2. The number of rotatable bonds is 6. The summed E-state index contributed by atoms with van der Waals surface area (Å²) in [4.78, 5) is 18.7. The molecule has 28 heavy (non-hydrogen) atoms. The number of nitrogens with zero attached hydrogens (tertiary/aromatic N) is 2. The van der Waals surface area contributed by atoms with Crippen LogP contribution in [0.25, 0.3) is 11.3 Å². The van der Waals surface area contributed by atoms with Crippen molar-refractivity contribution < 1.29 is 0 Å². The Hall–Kier alpha value is -1.55. The van der Waals surface area contributed by atoms with E-state index in [1.807, 2.05) is 11.6 Å². The Balaban J connectivity index is 1.76. The van der Waals surface area contributed by atoms with Crippen LogP contribution in [-0.4, -0.2) is 15.3 Å². The first-order valence-corrected chi connectivity index (χ1v) is 12.0. The molecule has 1 fully saturated rings. The van der Waals surface area contributed by atoms with Crippen molar-refractivity contribution in [3.05, 3.63) is 45.7 Å². The molecule has 1 aromatic carbocycles. The molecule has 1 spiro atoms. The van der Waals surface area contributed by atoms with Gasteiger partial charge < -0.3 is 0 Å². The van der Waals surface area contributed by atoms with Gasteiger partial charge in [0, 0.05) is 23.8 Å². The van der Waals surface area contributed by atoms with Crippen LogP contribution in [0.3, 0.4) is 0 Å². The number of aromatic nitrogens is 2. The van der Waals surface area contributed by atoms with Crippen LogP contribution in [0.15, 0.2) is 34.2 Å². The average Bonchev–Trinajstić information content (AvgIpc) is 2.71. The molecule has 4 rings (SSSR count). The SMILES string of the molecule is CCCCCCSc1nc2c(c(=O)n1C)C1(CCCCC1)Cc1ccccc1-2. The van der Waals surface area contributed by atoms with Crippen LogP contribution in [0.5, 0.6) is 0 Å². The molecule has 150 valence electrons. The maximum atomic E-state index is 13.6. The first-order chi connectivity index (χ1) is 13.7. The summed E-state index contributed by atoms with van der Waals surface area (Å²) in [5, 5.41) is 0.878. The Kier molecular flexibility index (Phi) is 5.96. The molecular formula is C24H32N2OS. The van der Waals surface area contributed by atoms with Crippen molar-refractivity contribution in [2.24, 2.45) is 7.05 Å². The second kappa shape index (κ2) is 8.44. The zero-order chi connectivity index (χ0) is 19.6. The smallest absolute Gasteiger partial charge is 0.258 e. The first kappa shape index (κ1) is 19.8. The predicted octanol–water partition coefficient (Wildman–Crippen LogP) is 5.88. The van der Waals surface area contributed by atoms with Crippen molar-refractivity contribution in [1.29, 1.82) is 0 Å². The predicted molar refractivity (Wildman–Crippen MR) is 118 cm³/mol. The summed E-state index contributed by atoms with van der Waals surface area (Å²) in [6.07, 6.45) is 11.9. The van der Waals surface area contributed by atoms with E-state index in [4.69, 9.17) is 4.98 Å².